The minimum absolute atomic E-state index is 0.370. The van der Waals surface area contributed by atoms with Crippen LogP contribution in [0.3, 0.4) is 0 Å². The van der Waals surface area contributed by atoms with E-state index in [4.69, 9.17) is 0 Å². The van der Waals surface area contributed by atoms with Gasteiger partial charge < -0.3 is 10.2 Å². The number of nitrogens with zero attached hydrogens (tertiary/aromatic N) is 1. The summed E-state index contributed by atoms with van der Waals surface area (Å²) in [4.78, 5) is 2.24. The molecule has 3 heteroatoms. The first-order chi connectivity index (χ1) is 8.40. The molecule has 0 aliphatic heterocycles. The lowest BCUT2D eigenvalue weighted by molar-refractivity contribution is 0.273. The Morgan fingerprint density at radius 3 is 2.39 bits per heavy atom. The summed E-state index contributed by atoms with van der Waals surface area (Å²) in [5.74, 6) is 0.627. The Balaban J connectivity index is 2.69. The van der Waals surface area contributed by atoms with Crippen molar-refractivity contribution < 1.29 is 0 Å². The maximum absolute atomic E-state index is 3.73. The van der Waals surface area contributed by atoms with Crippen LogP contribution >= 0.6 is 15.9 Å². The zero-order chi connectivity index (χ0) is 13.7. The minimum Gasteiger partial charge on any atom is -0.308 e. The molecule has 0 aliphatic carbocycles. The van der Waals surface area contributed by atoms with Crippen LogP contribution in [0, 0.1) is 5.92 Å². The summed E-state index contributed by atoms with van der Waals surface area (Å²) < 4.78 is 1.14. The lowest BCUT2D eigenvalue weighted by Gasteiger charge is -2.29. The van der Waals surface area contributed by atoms with Gasteiger partial charge in [0, 0.05) is 23.1 Å². The average Bonchev–Trinajstić information content (AvgIpc) is 2.27. The highest BCUT2D eigenvalue weighted by molar-refractivity contribution is 9.10. The van der Waals surface area contributed by atoms with Crippen LogP contribution in [0.1, 0.15) is 32.4 Å². The third-order valence-electron chi connectivity index (χ3n) is 3.18. The van der Waals surface area contributed by atoms with Gasteiger partial charge >= 0.3 is 0 Å². The van der Waals surface area contributed by atoms with E-state index in [0.29, 0.717) is 18.0 Å². The van der Waals surface area contributed by atoms with E-state index in [0.717, 1.165) is 11.0 Å². The van der Waals surface area contributed by atoms with Crippen LogP contribution in [-0.2, 0) is 0 Å². The van der Waals surface area contributed by atoms with Gasteiger partial charge in [0.1, 0.15) is 0 Å². The summed E-state index contributed by atoms with van der Waals surface area (Å²) in [6, 6.07) is 9.40. The molecule has 1 aromatic rings. The average molecular weight is 313 g/mol. The second-order valence-corrected chi connectivity index (χ2v) is 6.47. The van der Waals surface area contributed by atoms with Gasteiger partial charge in [0.2, 0.25) is 0 Å². The first-order valence-corrected chi connectivity index (χ1v) is 7.35. The van der Waals surface area contributed by atoms with Crippen molar-refractivity contribution in [2.24, 2.45) is 5.92 Å². The molecule has 1 N–H and O–H groups in total. The normalized spacial score (nSPS) is 15.1. The lowest BCUT2D eigenvalue weighted by atomic mass is 10.0. The monoisotopic (exact) mass is 312 g/mol. The van der Waals surface area contributed by atoms with Crippen LogP contribution in [0.5, 0.6) is 0 Å². The predicted molar refractivity (Wildman–Crippen MR) is 82.9 cm³/mol. The summed E-state index contributed by atoms with van der Waals surface area (Å²) in [5.41, 5.74) is 1.33. The molecule has 0 saturated carbocycles. The third kappa shape index (κ3) is 5.09. The first-order valence-electron chi connectivity index (χ1n) is 6.56. The van der Waals surface area contributed by atoms with Gasteiger partial charge in [-0.05, 0) is 44.6 Å². The fraction of sp³-hybridized carbons (Fsp3) is 0.600. The highest BCUT2D eigenvalue weighted by Crippen LogP contribution is 2.19. The van der Waals surface area contributed by atoms with E-state index in [-0.39, 0.29) is 0 Å². The van der Waals surface area contributed by atoms with E-state index in [2.05, 4.69) is 85.3 Å². The topological polar surface area (TPSA) is 15.3 Å². The van der Waals surface area contributed by atoms with Crippen molar-refractivity contribution in [2.45, 2.75) is 32.9 Å². The molecule has 102 valence electrons. The molecule has 2 atom stereocenters. The van der Waals surface area contributed by atoms with Crippen LogP contribution in [0.4, 0.5) is 0 Å². The van der Waals surface area contributed by atoms with Gasteiger partial charge in [-0.25, -0.2) is 0 Å². The smallest absolute Gasteiger partial charge is 0.0295 e. The van der Waals surface area contributed by atoms with Gasteiger partial charge in [-0.1, -0.05) is 41.9 Å². The molecule has 0 spiro atoms. The molecule has 0 radical (unpaired) electrons. The number of nitrogens with one attached hydrogen (secondary N) is 1. The number of hydrogen-bond acceptors (Lipinski definition) is 2. The molecule has 0 saturated heterocycles. The van der Waals surface area contributed by atoms with E-state index in [1.54, 1.807) is 0 Å². The van der Waals surface area contributed by atoms with Gasteiger partial charge in [0.25, 0.3) is 0 Å². The highest BCUT2D eigenvalue weighted by Gasteiger charge is 2.17. The van der Waals surface area contributed by atoms with Gasteiger partial charge in [-0.3, -0.25) is 0 Å². The van der Waals surface area contributed by atoms with Crippen molar-refractivity contribution in [2.75, 3.05) is 20.6 Å². The fourth-order valence-corrected chi connectivity index (χ4v) is 2.46. The molecule has 0 aliphatic rings. The molecule has 0 amide bonds. The van der Waals surface area contributed by atoms with Crippen LogP contribution in [0.15, 0.2) is 28.7 Å². The van der Waals surface area contributed by atoms with Crippen LogP contribution < -0.4 is 5.32 Å². The zero-order valence-corrected chi connectivity index (χ0v) is 13.7. The van der Waals surface area contributed by atoms with E-state index >= 15 is 0 Å². The number of halogens is 1. The van der Waals surface area contributed by atoms with E-state index in [9.17, 15) is 0 Å². The van der Waals surface area contributed by atoms with Crippen molar-refractivity contribution in [1.29, 1.82) is 0 Å². The molecule has 1 aromatic carbocycles. The fourth-order valence-electron chi connectivity index (χ4n) is 2.04. The molecule has 18 heavy (non-hydrogen) atoms. The highest BCUT2D eigenvalue weighted by atomic mass is 79.9. The number of rotatable bonds is 6. The second kappa shape index (κ2) is 7.27. The van der Waals surface area contributed by atoms with Gasteiger partial charge in [-0.2, -0.15) is 0 Å². The van der Waals surface area contributed by atoms with E-state index < -0.39 is 0 Å². The van der Waals surface area contributed by atoms with E-state index in [1.807, 2.05) is 0 Å². The molecule has 0 fully saturated rings. The van der Waals surface area contributed by atoms with Crippen LogP contribution in [-0.4, -0.2) is 31.6 Å². The molecule has 1 rings (SSSR count). The minimum atomic E-state index is 0.370. The van der Waals surface area contributed by atoms with Gasteiger partial charge in [-0.15, -0.1) is 0 Å². The molecule has 0 heterocycles. The summed E-state index contributed by atoms with van der Waals surface area (Å²) >= 11 is 3.53. The summed E-state index contributed by atoms with van der Waals surface area (Å²) in [6.07, 6.45) is 0. The molecule has 2 unspecified atom stereocenters. The molecule has 2 nitrogen and oxygen atoms in total. The van der Waals surface area contributed by atoms with E-state index in [1.165, 1.54) is 5.56 Å². The van der Waals surface area contributed by atoms with Crippen LogP contribution in [0.25, 0.3) is 0 Å². The third-order valence-corrected chi connectivity index (χ3v) is 3.67. The molecule has 0 bridgehead atoms. The molecular weight excluding hydrogens is 288 g/mol. The number of hydrogen-bond donors (Lipinski definition) is 1. The van der Waals surface area contributed by atoms with Gasteiger partial charge in [0.15, 0.2) is 0 Å². The van der Waals surface area contributed by atoms with Crippen molar-refractivity contribution in [1.82, 2.24) is 10.2 Å². The van der Waals surface area contributed by atoms with Gasteiger partial charge in [0.05, 0.1) is 0 Å². The van der Waals surface area contributed by atoms with Crippen molar-refractivity contribution in [3.05, 3.63) is 34.3 Å². The number of likely N-dealkylation sites (N-methyl/N-ethyl adjacent to an activating group) is 1. The largest absolute Gasteiger partial charge is 0.308 e. The Morgan fingerprint density at radius 2 is 1.89 bits per heavy atom. The number of benzene rings is 1. The Labute approximate surface area is 120 Å². The standard InChI is InChI=1S/C15H25BrN2/c1-11(2)15(10-18(4)5)17-12(3)13-7-6-8-14(16)9-13/h6-9,11-12,15,17H,10H2,1-5H3. The summed E-state index contributed by atoms with van der Waals surface area (Å²) in [5, 5.41) is 3.73. The maximum Gasteiger partial charge on any atom is 0.0295 e. The Hall–Kier alpha value is -0.380. The van der Waals surface area contributed by atoms with Crippen molar-refractivity contribution >= 4 is 15.9 Å². The lowest BCUT2D eigenvalue weighted by Crippen LogP contribution is -2.43. The van der Waals surface area contributed by atoms with Crippen molar-refractivity contribution in [3.63, 3.8) is 0 Å². The maximum atomic E-state index is 3.73. The quantitative estimate of drug-likeness (QED) is 0.862. The SMILES string of the molecule is CC(NC(CN(C)C)C(C)C)c1cccc(Br)c1. The molecule has 0 aromatic heterocycles. The summed E-state index contributed by atoms with van der Waals surface area (Å²) in [7, 11) is 4.25. The summed E-state index contributed by atoms with van der Waals surface area (Å²) in [6.45, 7) is 7.84. The Morgan fingerprint density at radius 1 is 1.22 bits per heavy atom. The first kappa shape index (κ1) is 15.7. The molecular formula is C15H25BrN2. The second-order valence-electron chi connectivity index (χ2n) is 5.56. The zero-order valence-electron chi connectivity index (χ0n) is 12.1. The van der Waals surface area contributed by atoms with Crippen LogP contribution in [0.2, 0.25) is 0 Å². The Kier molecular flexibility index (Phi) is 6.33. The predicted octanol–water partition coefficient (Wildman–Crippen LogP) is 3.69. The Bertz CT molecular complexity index is 363. The van der Waals surface area contributed by atoms with Crippen molar-refractivity contribution in [3.8, 4) is 0 Å².